The number of ether oxygens (including phenoxy) is 1. The lowest BCUT2D eigenvalue weighted by Gasteiger charge is -2.46. The van der Waals surface area contributed by atoms with Gasteiger partial charge in [-0.2, -0.15) is 0 Å². The molecule has 0 bridgehead atoms. The van der Waals surface area contributed by atoms with Crippen LogP contribution in [0.5, 0.6) is 0 Å². The molecule has 2 unspecified atom stereocenters. The summed E-state index contributed by atoms with van der Waals surface area (Å²) < 4.78 is 6.21. The predicted molar refractivity (Wildman–Crippen MR) is 77.6 cm³/mol. The molecule has 0 aromatic heterocycles. The third-order valence-corrected chi connectivity index (χ3v) is 5.89. The van der Waals surface area contributed by atoms with E-state index in [1.54, 1.807) is 0 Å². The molecule has 3 aliphatic rings. The Labute approximate surface area is 117 Å². The number of nitrogens with one attached hydrogen (secondary N) is 1. The average molecular weight is 266 g/mol. The van der Waals surface area contributed by atoms with Gasteiger partial charge in [0, 0.05) is 12.6 Å². The molecule has 0 aromatic carbocycles. The highest BCUT2D eigenvalue weighted by Gasteiger charge is 2.41. The summed E-state index contributed by atoms with van der Waals surface area (Å²) in [5.41, 5.74) is 3.36. The molecular weight excluding hydrogens is 236 g/mol. The van der Waals surface area contributed by atoms with E-state index in [1.165, 1.54) is 70.6 Å². The standard InChI is InChI=1S/C16H30N2O/c17-18-15(11-13-5-4-6-13)14-7-10-19-16(12-14)8-2-1-3-9-16/h13-15,18H,1-12,17H2. The number of nitrogens with two attached hydrogens (primary N) is 1. The van der Waals surface area contributed by atoms with Gasteiger partial charge in [0.05, 0.1) is 5.60 Å². The number of rotatable bonds is 4. The van der Waals surface area contributed by atoms with E-state index in [9.17, 15) is 0 Å². The van der Waals surface area contributed by atoms with E-state index in [0.29, 0.717) is 6.04 Å². The first-order valence-corrected chi connectivity index (χ1v) is 8.41. The van der Waals surface area contributed by atoms with E-state index < -0.39 is 0 Å². The molecule has 3 rings (SSSR count). The zero-order valence-corrected chi connectivity index (χ0v) is 12.2. The van der Waals surface area contributed by atoms with Crippen LogP contribution in [0.3, 0.4) is 0 Å². The van der Waals surface area contributed by atoms with Crippen molar-refractivity contribution in [3.8, 4) is 0 Å². The first kappa shape index (κ1) is 13.8. The van der Waals surface area contributed by atoms with Gasteiger partial charge in [-0.05, 0) is 43.9 Å². The summed E-state index contributed by atoms with van der Waals surface area (Å²) in [6, 6.07) is 0.521. The Kier molecular flexibility index (Phi) is 4.45. The molecule has 3 fully saturated rings. The molecule has 2 saturated carbocycles. The van der Waals surface area contributed by atoms with E-state index in [1.807, 2.05) is 0 Å². The molecular formula is C16H30N2O. The third kappa shape index (κ3) is 3.14. The Morgan fingerprint density at radius 3 is 2.53 bits per heavy atom. The van der Waals surface area contributed by atoms with Gasteiger partial charge < -0.3 is 4.74 Å². The first-order chi connectivity index (χ1) is 9.31. The maximum absolute atomic E-state index is 6.21. The Morgan fingerprint density at radius 2 is 1.89 bits per heavy atom. The van der Waals surface area contributed by atoms with Crippen LogP contribution in [0.15, 0.2) is 0 Å². The molecule has 3 heteroatoms. The summed E-state index contributed by atoms with van der Waals surface area (Å²) in [6.07, 6.45) is 14.7. The van der Waals surface area contributed by atoms with Gasteiger partial charge in [0.1, 0.15) is 0 Å². The van der Waals surface area contributed by atoms with Gasteiger partial charge in [0.15, 0.2) is 0 Å². The van der Waals surface area contributed by atoms with Crippen molar-refractivity contribution in [3.63, 3.8) is 0 Å². The van der Waals surface area contributed by atoms with Gasteiger partial charge in [-0.3, -0.25) is 11.3 Å². The van der Waals surface area contributed by atoms with Crippen LogP contribution in [0.2, 0.25) is 0 Å². The third-order valence-electron chi connectivity index (χ3n) is 5.89. The summed E-state index contributed by atoms with van der Waals surface area (Å²) in [7, 11) is 0. The largest absolute Gasteiger partial charge is 0.375 e. The molecule has 1 heterocycles. The van der Waals surface area contributed by atoms with Crippen molar-refractivity contribution < 1.29 is 4.74 Å². The maximum atomic E-state index is 6.21. The van der Waals surface area contributed by atoms with Gasteiger partial charge in [0.2, 0.25) is 0 Å². The minimum Gasteiger partial charge on any atom is -0.375 e. The number of hydrogen-bond donors (Lipinski definition) is 2. The average Bonchev–Trinajstić information content (AvgIpc) is 2.39. The van der Waals surface area contributed by atoms with Crippen LogP contribution < -0.4 is 11.3 Å². The molecule has 2 atom stereocenters. The Bertz CT molecular complexity index is 279. The summed E-state index contributed by atoms with van der Waals surface area (Å²) in [4.78, 5) is 0. The maximum Gasteiger partial charge on any atom is 0.0685 e. The van der Waals surface area contributed by atoms with Crippen LogP contribution in [-0.2, 0) is 4.74 Å². The lowest BCUT2D eigenvalue weighted by atomic mass is 9.71. The highest BCUT2D eigenvalue weighted by Crippen LogP contribution is 2.43. The van der Waals surface area contributed by atoms with Crippen molar-refractivity contribution in [2.45, 2.75) is 82.3 Å². The van der Waals surface area contributed by atoms with Gasteiger partial charge in [-0.1, -0.05) is 38.5 Å². The van der Waals surface area contributed by atoms with Crippen LogP contribution >= 0.6 is 0 Å². The summed E-state index contributed by atoms with van der Waals surface area (Å²) in [5, 5.41) is 0. The summed E-state index contributed by atoms with van der Waals surface area (Å²) >= 11 is 0. The smallest absolute Gasteiger partial charge is 0.0685 e. The minimum absolute atomic E-state index is 0.218. The normalized spacial score (nSPS) is 33.0. The Balaban J connectivity index is 1.58. The Morgan fingerprint density at radius 1 is 1.11 bits per heavy atom. The molecule has 0 aromatic rings. The fraction of sp³-hybridized carbons (Fsp3) is 1.00. The minimum atomic E-state index is 0.218. The lowest BCUT2D eigenvalue weighted by molar-refractivity contribution is -0.123. The molecule has 1 spiro atoms. The van der Waals surface area contributed by atoms with Crippen molar-refractivity contribution in [2.24, 2.45) is 17.7 Å². The van der Waals surface area contributed by atoms with Crippen molar-refractivity contribution in [1.29, 1.82) is 0 Å². The molecule has 1 aliphatic heterocycles. The zero-order valence-electron chi connectivity index (χ0n) is 12.2. The molecule has 0 radical (unpaired) electrons. The molecule has 1 saturated heterocycles. The SMILES string of the molecule is NNC(CC1CCC1)C1CCOC2(CCCCC2)C1. The highest BCUT2D eigenvalue weighted by atomic mass is 16.5. The van der Waals surface area contributed by atoms with Crippen LogP contribution in [0.1, 0.15) is 70.6 Å². The van der Waals surface area contributed by atoms with Crippen molar-refractivity contribution >= 4 is 0 Å². The van der Waals surface area contributed by atoms with Gasteiger partial charge in [0.25, 0.3) is 0 Å². The van der Waals surface area contributed by atoms with Gasteiger partial charge >= 0.3 is 0 Å². The Hall–Kier alpha value is -0.120. The zero-order chi connectivity index (χ0) is 13.1. The topological polar surface area (TPSA) is 47.3 Å². The summed E-state index contributed by atoms with van der Waals surface area (Å²) in [5.74, 6) is 7.53. The van der Waals surface area contributed by atoms with Gasteiger partial charge in [-0.25, -0.2) is 0 Å². The van der Waals surface area contributed by atoms with E-state index >= 15 is 0 Å². The van der Waals surface area contributed by atoms with E-state index in [-0.39, 0.29) is 5.60 Å². The monoisotopic (exact) mass is 266 g/mol. The van der Waals surface area contributed by atoms with Gasteiger partial charge in [-0.15, -0.1) is 0 Å². The number of hydrogen-bond acceptors (Lipinski definition) is 3. The van der Waals surface area contributed by atoms with E-state index in [0.717, 1.165) is 18.4 Å². The molecule has 110 valence electrons. The first-order valence-electron chi connectivity index (χ1n) is 8.41. The second-order valence-corrected chi connectivity index (χ2v) is 7.15. The molecule has 3 N–H and O–H groups in total. The molecule has 19 heavy (non-hydrogen) atoms. The van der Waals surface area contributed by atoms with E-state index in [4.69, 9.17) is 10.6 Å². The summed E-state index contributed by atoms with van der Waals surface area (Å²) in [6.45, 7) is 0.952. The van der Waals surface area contributed by atoms with E-state index in [2.05, 4.69) is 5.43 Å². The van der Waals surface area contributed by atoms with Crippen LogP contribution in [0.25, 0.3) is 0 Å². The van der Waals surface area contributed by atoms with Crippen molar-refractivity contribution in [2.75, 3.05) is 6.61 Å². The fourth-order valence-electron chi connectivity index (χ4n) is 4.44. The fourth-order valence-corrected chi connectivity index (χ4v) is 4.44. The second-order valence-electron chi connectivity index (χ2n) is 7.15. The second kappa shape index (κ2) is 6.11. The highest BCUT2D eigenvalue weighted by molar-refractivity contribution is 4.93. The molecule has 3 nitrogen and oxygen atoms in total. The quantitative estimate of drug-likeness (QED) is 0.607. The van der Waals surface area contributed by atoms with Crippen molar-refractivity contribution in [3.05, 3.63) is 0 Å². The number of hydrazine groups is 1. The van der Waals surface area contributed by atoms with Crippen LogP contribution in [-0.4, -0.2) is 18.2 Å². The van der Waals surface area contributed by atoms with Crippen LogP contribution in [0.4, 0.5) is 0 Å². The molecule has 0 amide bonds. The van der Waals surface area contributed by atoms with Crippen molar-refractivity contribution in [1.82, 2.24) is 5.43 Å². The predicted octanol–water partition coefficient (Wildman–Crippen LogP) is 3.14. The van der Waals surface area contributed by atoms with Crippen LogP contribution in [0, 0.1) is 11.8 Å². The lowest BCUT2D eigenvalue weighted by Crippen LogP contribution is -2.50. The molecule has 2 aliphatic carbocycles.